The highest BCUT2D eigenvalue weighted by molar-refractivity contribution is 5.48. The van der Waals surface area contributed by atoms with Gasteiger partial charge >= 0.3 is 0 Å². The Kier molecular flexibility index (Phi) is 4.55. The van der Waals surface area contributed by atoms with Crippen LogP contribution in [-0.2, 0) is 13.0 Å². The molecule has 0 aliphatic carbocycles. The molecule has 1 aliphatic rings. The minimum Gasteiger partial charge on any atom is -0.496 e. The molecule has 2 unspecified atom stereocenters. The molecule has 0 saturated carbocycles. The van der Waals surface area contributed by atoms with Crippen LogP contribution in [-0.4, -0.2) is 30.5 Å². The van der Waals surface area contributed by atoms with Crippen LogP contribution < -0.4 is 14.8 Å². The smallest absolute Gasteiger partial charge is 0.123 e. The Hall–Kier alpha value is -1.26. The first kappa shape index (κ1) is 15.1. The summed E-state index contributed by atoms with van der Waals surface area (Å²) in [5, 5.41) is 13.3. The van der Waals surface area contributed by atoms with Crippen molar-refractivity contribution in [3.63, 3.8) is 0 Å². The van der Waals surface area contributed by atoms with E-state index in [4.69, 9.17) is 9.47 Å². The molecule has 0 spiro atoms. The molecule has 2 rings (SSSR count). The van der Waals surface area contributed by atoms with Crippen LogP contribution in [0.2, 0.25) is 0 Å². The maximum absolute atomic E-state index is 10.00. The molecule has 20 heavy (non-hydrogen) atoms. The second-order valence-electron chi connectivity index (χ2n) is 5.86. The quantitative estimate of drug-likeness (QED) is 0.839. The van der Waals surface area contributed by atoms with E-state index in [1.165, 1.54) is 5.56 Å². The van der Waals surface area contributed by atoms with Crippen LogP contribution >= 0.6 is 0 Å². The Bertz CT molecular complexity index is 471. The Labute approximate surface area is 121 Å². The van der Waals surface area contributed by atoms with Gasteiger partial charge in [0.1, 0.15) is 17.6 Å². The van der Waals surface area contributed by atoms with Gasteiger partial charge in [-0.3, -0.25) is 0 Å². The van der Waals surface area contributed by atoms with Crippen molar-refractivity contribution in [2.75, 3.05) is 13.7 Å². The molecule has 0 fully saturated rings. The molecule has 4 nitrogen and oxygen atoms in total. The number of hydrogen-bond acceptors (Lipinski definition) is 4. The third-order valence-electron chi connectivity index (χ3n) is 3.88. The van der Waals surface area contributed by atoms with Crippen LogP contribution in [0.4, 0.5) is 0 Å². The number of nitrogens with one attached hydrogen (secondary N) is 1. The summed E-state index contributed by atoms with van der Waals surface area (Å²) in [5.41, 5.74) is 1.60. The summed E-state index contributed by atoms with van der Waals surface area (Å²) in [7, 11) is 1.69. The van der Waals surface area contributed by atoms with Gasteiger partial charge in [-0.15, -0.1) is 0 Å². The topological polar surface area (TPSA) is 50.7 Å². The maximum Gasteiger partial charge on any atom is 0.123 e. The van der Waals surface area contributed by atoms with E-state index in [1.807, 2.05) is 19.9 Å². The molecule has 0 saturated heterocycles. The van der Waals surface area contributed by atoms with E-state index in [1.54, 1.807) is 7.11 Å². The summed E-state index contributed by atoms with van der Waals surface area (Å²) in [6.07, 6.45) is 1.89. The zero-order chi connectivity index (χ0) is 14.8. The van der Waals surface area contributed by atoms with Crippen molar-refractivity contribution in [2.45, 2.75) is 51.9 Å². The van der Waals surface area contributed by atoms with Gasteiger partial charge in [-0.1, -0.05) is 6.92 Å². The van der Waals surface area contributed by atoms with Gasteiger partial charge in [-0.05, 0) is 32.4 Å². The molecule has 1 aromatic rings. The highest BCUT2D eigenvalue weighted by Crippen LogP contribution is 2.34. The molecule has 0 bridgehead atoms. The minimum absolute atomic E-state index is 0.235. The number of hydrogen-bond donors (Lipinski definition) is 2. The van der Waals surface area contributed by atoms with Gasteiger partial charge in [-0.25, -0.2) is 0 Å². The van der Waals surface area contributed by atoms with Crippen molar-refractivity contribution in [2.24, 2.45) is 0 Å². The number of ether oxygens (including phenoxy) is 2. The zero-order valence-electron chi connectivity index (χ0n) is 12.8. The first-order valence-corrected chi connectivity index (χ1v) is 7.24. The van der Waals surface area contributed by atoms with Crippen molar-refractivity contribution < 1.29 is 14.6 Å². The molecule has 0 aromatic heterocycles. The van der Waals surface area contributed by atoms with E-state index in [-0.39, 0.29) is 6.10 Å². The van der Waals surface area contributed by atoms with Crippen molar-refractivity contribution in [3.8, 4) is 11.5 Å². The normalized spacial score (nSPS) is 20.1. The lowest BCUT2D eigenvalue weighted by molar-refractivity contribution is 0.0555. The number of rotatable bonds is 6. The number of aliphatic hydroxyl groups is 1. The largest absolute Gasteiger partial charge is 0.496 e. The molecule has 0 amide bonds. The summed E-state index contributed by atoms with van der Waals surface area (Å²) < 4.78 is 11.2. The van der Waals surface area contributed by atoms with E-state index in [0.29, 0.717) is 13.1 Å². The molecule has 1 aromatic carbocycles. The average Bonchev–Trinajstić information content (AvgIpc) is 2.76. The fourth-order valence-electron chi connectivity index (χ4n) is 2.40. The van der Waals surface area contributed by atoms with Gasteiger partial charge in [-0.2, -0.15) is 0 Å². The standard InChI is InChI=1S/C16H25NO3/c1-5-16(3,18)10-17-9-13-8-15-12(6-11(2)20-15)7-14(13)19-4/h7-8,11,17-18H,5-6,9-10H2,1-4H3. The predicted octanol–water partition coefficient (Wildman–Crippen LogP) is 2.27. The van der Waals surface area contributed by atoms with Crippen molar-refractivity contribution in [1.82, 2.24) is 5.32 Å². The molecular weight excluding hydrogens is 254 g/mol. The van der Waals surface area contributed by atoms with Crippen molar-refractivity contribution in [3.05, 3.63) is 23.3 Å². The van der Waals surface area contributed by atoms with E-state index in [2.05, 4.69) is 18.3 Å². The van der Waals surface area contributed by atoms with E-state index in [0.717, 1.165) is 29.9 Å². The van der Waals surface area contributed by atoms with Gasteiger partial charge < -0.3 is 19.9 Å². The lowest BCUT2D eigenvalue weighted by Gasteiger charge is -2.22. The highest BCUT2D eigenvalue weighted by Gasteiger charge is 2.22. The van der Waals surface area contributed by atoms with E-state index in [9.17, 15) is 5.11 Å². The SMILES string of the molecule is CCC(C)(O)CNCc1cc2c(cc1OC)CC(C)O2. The molecular formula is C16H25NO3. The second kappa shape index (κ2) is 6.02. The average molecular weight is 279 g/mol. The Morgan fingerprint density at radius 2 is 2.25 bits per heavy atom. The molecule has 0 radical (unpaired) electrons. The fourth-order valence-corrected chi connectivity index (χ4v) is 2.40. The van der Waals surface area contributed by atoms with Crippen LogP contribution in [0.15, 0.2) is 12.1 Å². The lowest BCUT2D eigenvalue weighted by Crippen LogP contribution is -2.36. The number of benzene rings is 1. The first-order chi connectivity index (χ1) is 9.45. The summed E-state index contributed by atoms with van der Waals surface area (Å²) in [4.78, 5) is 0. The number of fused-ring (bicyclic) bond motifs is 1. The summed E-state index contributed by atoms with van der Waals surface area (Å²) in [6.45, 7) is 7.10. The first-order valence-electron chi connectivity index (χ1n) is 7.24. The van der Waals surface area contributed by atoms with Crippen LogP contribution in [0.1, 0.15) is 38.3 Å². The molecule has 2 N–H and O–H groups in total. The molecule has 1 heterocycles. The van der Waals surface area contributed by atoms with Crippen LogP contribution in [0.5, 0.6) is 11.5 Å². The Morgan fingerprint density at radius 1 is 1.50 bits per heavy atom. The van der Waals surface area contributed by atoms with Gasteiger partial charge in [0.05, 0.1) is 12.7 Å². The zero-order valence-corrected chi connectivity index (χ0v) is 12.8. The van der Waals surface area contributed by atoms with Gasteiger partial charge in [0.25, 0.3) is 0 Å². The van der Waals surface area contributed by atoms with Crippen molar-refractivity contribution >= 4 is 0 Å². The molecule has 2 atom stereocenters. The van der Waals surface area contributed by atoms with E-state index >= 15 is 0 Å². The monoisotopic (exact) mass is 279 g/mol. The van der Waals surface area contributed by atoms with Crippen LogP contribution in [0.3, 0.4) is 0 Å². The highest BCUT2D eigenvalue weighted by atomic mass is 16.5. The second-order valence-corrected chi connectivity index (χ2v) is 5.86. The maximum atomic E-state index is 10.00. The Balaban J connectivity index is 2.06. The van der Waals surface area contributed by atoms with Crippen molar-refractivity contribution in [1.29, 1.82) is 0 Å². The fraction of sp³-hybridized carbons (Fsp3) is 0.625. The summed E-state index contributed by atoms with van der Waals surface area (Å²) in [6, 6.07) is 4.11. The third kappa shape index (κ3) is 3.44. The van der Waals surface area contributed by atoms with Crippen LogP contribution in [0.25, 0.3) is 0 Å². The molecule has 1 aliphatic heterocycles. The molecule has 112 valence electrons. The van der Waals surface area contributed by atoms with Gasteiger partial charge in [0.15, 0.2) is 0 Å². The molecule has 4 heteroatoms. The Morgan fingerprint density at radius 3 is 2.90 bits per heavy atom. The van der Waals surface area contributed by atoms with Gasteiger partial charge in [0, 0.05) is 30.6 Å². The summed E-state index contributed by atoms with van der Waals surface area (Å²) in [5.74, 6) is 1.84. The van der Waals surface area contributed by atoms with E-state index < -0.39 is 5.60 Å². The number of methoxy groups -OCH3 is 1. The van der Waals surface area contributed by atoms with Crippen LogP contribution in [0, 0.1) is 0 Å². The lowest BCUT2D eigenvalue weighted by atomic mass is 10.0. The van der Waals surface area contributed by atoms with Gasteiger partial charge in [0.2, 0.25) is 0 Å². The minimum atomic E-state index is -0.672. The third-order valence-corrected chi connectivity index (χ3v) is 3.88. The summed E-state index contributed by atoms with van der Waals surface area (Å²) >= 11 is 0. The predicted molar refractivity (Wildman–Crippen MR) is 79.4 cm³/mol.